The summed E-state index contributed by atoms with van der Waals surface area (Å²) in [5, 5.41) is 3.22. The second kappa shape index (κ2) is 4.81. The van der Waals surface area contributed by atoms with Crippen molar-refractivity contribution in [3.05, 3.63) is 24.0 Å². The molecular formula is C12H20N2O. The highest BCUT2D eigenvalue weighted by Crippen LogP contribution is 2.28. The van der Waals surface area contributed by atoms with Gasteiger partial charge in [-0.25, -0.2) is 0 Å². The van der Waals surface area contributed by atoms with Gasteiger partial charge < -0.3 is 14.6 Å². The van der Waals surface area contributed by atoms with Gasteiger partial charge in [-0.15, -0.1) is 0 Å². The van der Waals surface area contributed by atoms with Crippen LogP contribution in [0.15, 0.2) is 18.5 Å². The number of aromatic nitrogens is 1. The first-order chi connectivity index (χ1) is 7.29. The molecule has 0 spiro atoms. The average molecular weight is 208 g/mol. The van der Waals surface area contributed by atoms with E-state index >= 15 is 0 Å². The molecule has 15 heavy (non-hydrogen) atoms. The van der Waals surface area contributed by atoms with Gasteiger partial charge in [0.1, 0.15) is 6.73 Å². The van der Waals surface area contributed by atoms with E-state index in [2.05, 4.69) is 35.3 Å². The van der Waals surface area contributed by atoms with Crippen LogP contribution in [-0.2, 0) is 11.5 Å². The average Bonchev–Trinajstić information content (AvgIpc) is 2.94. The number of hydrogen-bond donors (Lipinski definition) is 1. The summed E-state index contributed by atoms with van der Waals surface area (Å²) in [6, 6.07) is 2.55. The van der Waals surface area contributed by atoms with Crippen LogP contribution in [0, 0.1) is 5.92 Å². The van der Waals surface area contributed by atoms with Gasteiger partial charge in [-0.2, -0.15) is 0 Å². The van der Waals surface area contributed by atoms with Crippen molar-refractivity contribution < 1.29 is 4.74 Å². The van der Waals surface area contributed by atoms with E-state index in [9.17, 15) is 0 Å². The minimum atomic E-state index is 0.412. The molecule has 3 nitrogen and oxygen atoms in total. The van der Waals surface area contributed by atoms with Crippen LogP contribution < -0.4 is 5.32 Å². The quantitative estimate of drug-likeness (QED) is 0.775. The highest BCUT2D eigenvalue weighted by Gasteiger charge is 2.20. The third-order valence-electron chi connectivity index (χ3n) is 3.00. The third-order valence-corrected chi connectivity index (χ3v) is 3.00. The molecule has 84 valence electrons. The molecule has 1 atom stereocenters. The number of rotatable bonds is 6. The molecule has 1 aromatic rings. The Morgan fingerprint density at radius 2 is 2.40 bits per heavy atom. The van der Waals surface area contributed by atoms with E-state index in [4.69, 9.17) is 4.74 Å². The molecule has 0 saturated heterocycles. The predicted octanol–water partition coefficient (Wildman–Crippen LogP) is 2.15. The summed E-state index contributed by atoms with van der Waals surface area (Å²) >= 11 is 0. The maximum atomic E-state index is 5.61. The van der Waals surface area contributed by atoms with Crippen LogP contribution in [0.4, 0.5) is 0 Å². The second-order valence-electron chi connectivity index (χ2n) is 4.41. The highest BCUT2D eigenvalue weighted by atomic mass is 16.5. The smallest absolute Gasteiger partial charge is 0.122 e. The monoisotopic (exact) mass is 208 g/mol. The van der Waals surface area contributed by atoms with Crippen LogP contribution in [0.5, 0.6) is 0 Å². The van der Waals surface area contributed by atoms with E-state index in [0.29, 0.717) is 12.8 Å². The van der Waals surface area contributed by atoms with E-state index in [1.54, 1.807) is 0 Å². The first-order valence-corrected chi connectivity index (χ1v) is 5.70. The summed E-state index contributed by atoms with van der Waals surface area (Å²) in [5.74, 6) is 0.844. The molecule has 1 saturated carbocycles. The Hall–Kier alpha value is -0.800. The van der Waals surface area contributed by atoms with Crippen molar-refractivity contribution >= 4 is 0 Å². The highest BCUT2D eigenvalue weighted by molar-refractivity contribution is 5.14. The third kappa shape index (κ3) is 3.08. The molecule has 0 radical (unpaired) electrons. The van der Waals surface area contributed by atoms with E-state index in [-0.39, 0.29) is 0 Å². The molecule has 1 unspecified atom stereocenters. The Balaban J connectivity index is 1.77. The van der Waals surface area contributed by atoms with Crippen molar-refractivity contribution in [2.45, 2.75) is 32.5 Å². The molecular weight excluding hydrogens is 188 g/mol. The van der Waals surface area contributed by atoms with Gasteiger partial charge in [-0.05, 0) is 44.4 Å². The van der Waals surface area contributed by atoms with Gasteiger partial charge in [0.05, 0.1) is 6.61 Å². The molecule has 1 fully saturated rings. The zero-order valence-corrected chi connectivity index (χ0v) is 9.57. The van der Waals surface area contributed by atoms with Crippen molar-refractivity contribution in [3.63, 3.8) is 0 Å². The number of hydrogen-bond acceptors (Lipinski definition) is 2. The second-order valence-corrected chi connectivity index (χ2v) is 4.41. The summed E-state index contributed by atoms with van der Waals surface area (Å²) < 4.78 is 7.72. The van der Waals surface area contributed by atoms with E-state index in [0.717, 1.165) is 12.5 Å². The maximum absolute atomic E-state index is 5.61. The summed E-state index contributed by atoms with van der Waals surface area (Å²) in [5.41, 5.74) is 1.31. The largest absolute Gasteiger partial charge is 0.361 e. The summed E-state index contributed by atoms with van der Waals surface area (Å²) in [7, 11) is 1.98. The fourth-order valence-electron chi connectivity index (χ4n) is 1.57. The van der Waals surface area contributed by atoms with Crippen LogP contribution >= 0.6 is 0 Å². The molecule has 0 aromatic carbocycles. The lowest BCUT2D eigenvalue weighted by Gasteiger charge is -2.07. The van der Waals surface area contributed by atoms with Crippen molar-refractivity contribution in [1.29, 1.82) is 0 Å². The minimum Gasteiger partial charge on any atom is -0.361 e. The molecule has 0 amide bonds. The van der Waals surface area contributed by atoms with Crippen LogP contribution in [-0.4, -0.2) is 18.2 Å². The topological polar surface area (TPSA) is 26.2 Å². The van der Waals surface area contributed by atoms with Crippen molar-refractivity contribution in [1.82, 2.24) is 9.88 Å². The normalized spacial score (nSPS) is 18.0. The Bertz CT molecular complexity index is 304. The first kappa shape index (κ1) is 10.7. The summed E-state index contributed by atoms with van der Waals surface area (Å²) in [6.45, 7) is 3.77. The van der Waals surface area contributed by atoms with Crippen molar-refractivity contribution in [3.8, 4) is 0 Å². The van der Waals surface area contributed by atoms with Gasteiger partial charge in [-0.3, -0.25) is 0 Å². The first-order valence-electron chi connectivity index (χ1n) is 5.70. The zero-order valence-electron chi connectivity index (χ0n) is 9.57. The number of nitrogens with one attached hydrogen (secondary N) is 1. The van der Waals surface area contributed by atoms with Crippen LogP contribution in [0.1, 0.15) is 31.4 Å². The molecule has 1 aliphatic carbocycles. The van der Waals surface area contributed by atoms with Gasteiger partial charge >= 0.3 is 0 Å². The standard InChI is InChI=1S/C12H20N2O/c1-10(13-2)12-5-6-14(7-12)9-15-8-11-3-4-11/h5-7,10-11,13H,3-4,8-9H2,1-2H3. The fraction of sp³-hybridized carbons (Fsp3) is 0.667. The van der Waals surface area contributed by atoms with Crippen molar-refractivity contribution in [2.75, 3.05) is 13.7 Å². The number of nitrogens with zero attached hydrogens (tertiary/aromatic N) is 1. The van der Waals surface area contributed by atoms with Gasteiger partial charge in [0.25, 0.3) is 0 Å². The molecule has 3 heteroatoms. The van der Waals surface area contributed by atoms with Gasteiger partial charge in [0.15, 0.2) is 0 Å². The van der Waals surface area contributed by atoms with E-state index < -0.39 is 0 Å². The summed E-state index contributed by atoms with van der Waals surface area (Å²) in [4.78, 5) is 0. The summed E-state index contributed by atoms with van der Waals surface area (Å²) in [6.07, 6.45) is 6.94. The molecule has 0 aliphatic heterocycles. The molecule has 0 bridgehead atoms. The van der Waals surface area contributed by atoms with Gasteiger partial charge in [-0.1, -0.05) is 0 Å². The van der Waals surface area contributed by atoms with Crippen molar-refractivity contribution in [2.24, 2.45) is 5.92 Å². The lowest BCUT2D eigenvalue weighted by atomic mass is 10.2. The maximum Gasteiger partial charge on any atom is 0.122 e. The molecule has 2 rings (SSSR count). The van der Waals surface area contributed by atoms with Crippen LogP contribution in [0.2, 0.25) is 0 Å². The SMILES string of the molecule is CNC(C)c1ccn(COCC2CC2)c1. The molecule has 1 N–H and O–H groups in total. The molecule has 1 aliphatic rings. The van der Waals surface area contributed by atoms with Crippen LogP contribution in [0.25, 0.3) is 0 Å². The van der Waals surface area contributed by atoms with Crippen LogP contribution in [0.3, 0.4) is 0 Å². The van der Waals surface area contributed by atoms with Gasteiger partial charge in [0, 0.05) is 18.4 Å². The Morgan fingerprint density at radius 3 is 3.07 bits per heavy atom. The molecule has 1 aromatic heterocycles. The lowest BCUT2D eigenvalue weighted by Crippen LogP contribution is -2.11. The van der Waals surface area contributed by atoms with E-state index in [1.807, 2.05) is 7.05 Å². The Kier molecular flexibility index (Phi) is 3.44. The molecule has 1 heterocycles. The Labute approximate surface area is 91.4 Å². The lowest BCUT2D eigenvalue weighted by molar-refractivity contribution is 0.0691. The Morgan fingerprint density at radius 1 is 1.60 bits per heavy atom. The minimum absolute atomic E-state index is 0.412. The zero-order chi connectivity index (χ0) is 10.7. The van der Waals surface area contributed by atoms with E-state index in [1.165, 1.54) is 18.4 Å². The number of ether oxygens (including phenoxy) is 1. The fourth-order valence-corrected chi connectivity index (χ4v) is 1.57. The predicted molar refractivity (Wildman–Crippen MR) is 60.6 cm³/mol. The van der Waals surface area contributed by atoms with Gasteiger partial charge in [0.2, 0.25) is 0 Å².